The molecule has 9 rings (SSSR count). The number of thiazole rings is 1. The molecule has 2 aliphatic carbocycles. The van der Waals surface area contributed by atoms with Crippen LogP contribution in [-0.4, -0.2) is 41.7 Å². The fourth-order valence-corrected chi connectivity index (χ4v) is 11.7. The maximum atomic E-state index is 14.1. The first-order chi connectivity index (χ1) is 23.9. The highest BCUT2D eigenvalue weighted by Crippen LogP contribution is 2.68. The highest BCUT2D eigenvalue weighted by Gasteiger charge is 2.69. The molecule has 11 heteroatoms. The minimum Gasteiger partial charge on any atom is -0.497 e. The van der Waals surface area contributed by atoms with Gasteiger partial charge in [-0.05, 0) is 77.6 Å². The van der Waals surface area contributed by atoms with E-state index in [1.54, 1.807) is 43.1 Å². The van der Waals surface area contributed by atoms with E-state index in [-0.39, 0.29) is 64.0 Å². The number of imide groups is 1. The number of H-pyrrole nitrogens is 1. The second-order valence-corrected chi connectivity index (χ2v) is 15.3. The Balaban J connectivity index is 0.994. The van der Waals surface area contributed by atoms with Gasteiger partial charge in [-0.3, -0.25) is 24.1 Å². The summed E-state index contributed by atoms with van der Waals surface area (Å²) in [7, 11) is 1.58. The van der Waals surface area contributed by atoms with Crippen LogP contribution >= 0.6 is 23.1 Å². The van der Waals surface area contributed by atoms with Gasteiger partial charge in [-0.25, -0.2) is 0 Å². The Morgan fingerprint density at radius 1 is 0.898 bits per heavy atom. The fraction of sp³-hybridized carbons (Fsp3) is 0.263. The monoisotopic (exact) mass is 689 g/mol. The minimum atomic E-state index is -0.404. The number of aromatic nitrogens is 1. The Hall–Kier alpha value is -4.87. The van der Waals surface area contributed by atoms with Crippen LogP contribution in [0.4, 0.5) is 11.4 Å². The zero-order chi connectivity index (χ0) is 33.4. The van der Waals surface area contributed by atoms with E-state index in [9.17, 15) is 19.2 Å². The van der Waals surface area contributed by atoms with Crippen molar-refractivity contribution in [3.63, 3.8) is 0 Å². The van der Waals surface area contributed by atoms with E-state index in [0.717, 1.165) is 38.3 Å². The molecule has 0 spiro atoms. The topological polar surface area (TPSA) is 118 Å². The number of thioether (sulfide) groups is 1. The number of nitrogens with one attached hydrogen (secondary N) is 2. The third-order valence-electron chi connectivity index (χ3n) is 10.7. The van der Waals surface area contributed by atoms with Gasteiger partial charge in [0.05, 0.1) is 29.7 Å². The Kier molecular flexibility index (Phi) is 7.17. The van der Waals surface area contributed by atoms with E-state index in [1.165, 1.54) is 16.2 Å². The smallest absolute Gasteiger partial charge is 0.305 e. The summed E-state index contributed by atoms with van der Waals surface area (Å²) in [5.41, 5.74) is 2.25. The van der Waals surface area contributed by atoms with Crippen LogP contribution in [0.2, 0.25) is 0 Å². The number of aromatic amines is 1. The van der Waals surface area contributed by atoms with Crippen molar-refractivity contribution >= 4 is 63.0 Å². The van der Waals surface area contributed by atoms with Crippen LogP contribution in [0.3, 0.4) is 0 Å². The molecule has 6 unspecified atom stereocenters. The molecule has 1 aromatic heterocycles. The Bertz CT molecular complexity index is 2210. The van der Waals surface area contributed by atoms with Crippen molar-refractivity contribution in [3.05, 3.63) is 111 Å². The molecule has 3 amide bonds. The van der Waals surface area contributed by atoms with Gasteiger partial charge in [-0.15, -0.1) is 11.8 Å². The number of rotatable bonds is 7. The summed E-state index contributed by atoms with van der Waals surface area (Å²) in [6.07, 6.45) is 0.797. The van der Waals surface area contributed by atoms with Crippen LogP contribution < -0.4 is 24.6 Å². The quantitative estimate of drug-likeness (QED) is 0.193. The molecule has 3 fully saturated rings. The number of hydrogen-bond acceptors (Lipinski definition) is 8. The van der Waals surface area contributed by atoms with E-state index in [2.05, 4.69) is 10.3 Å². The summed E-state index contributed by atoms with van der Waals surface area (Å²) in [5, 5.41) is 5.87. The molecule has 5 aromatic rings. The lowest BCUT2D eigenvalue weighted by atomic mass is 9.68. The lowest BCUT2D eigenvalue weighted by Gasteiger charge is -2.43. The summed E-state index contributed by atoms with van der Waals surface area (Å²) in [5.74, 6) is -0.239. The van der Waals surface area contributed by atoms with Crippen molar-refractivity contribution in [2.75, 3.05) is 23.9 Å². The Labute approximate surface area is 289 Å². The SMILES string of the molecule is COc1ccc(N2C(=O)C3C4CC(C3C2=O)C2C4Sc3[nH]c(=O)sc3[C@@H]2c2cccc(OCC(=O)Nc3cccc4ccccc34)c2)cc1. The fourth-order valence-electron chi connectivity index (χ4n) is 8.84. The average molecular weight is 690 g/mol. The van der Waals surface area contributed by atoms with Gasteiger partial charge in [0.2, 0.25) is 11.8 Å². The van der Waals surface area contributed by atoms with Crippen LogP contribution in [0.15, 0.2) is 101 Å². The zero-order valence-corrected chi connectivity index (χ0v) is 28.0. The number of hydrogen-bond donors (Lipinski definition) is 2. The van der Waals surface area contributed by atoms with Gasteiger partial charge < -0.3 is 19.8 Å². The maximum absolute atomic E-state index is 14.1. The predicted molar refractivity (Wildman–Crippen MR) is 188 cm³/mol. The van der Waals surface area contributed by atoms with Gasteiger partial charge in [-0.2, -0.15) is 0 Å². The van der Waals surface area contributed by atoms with Crippen LogP contribution in [0, 0.1) is 29.6 Å². The molecule has 0 radical (unpaired) electrons. The summed E-state index contributed by atoms with van der Waals surface area (Å²) in [6.45, 7) is -0.172. The third-order valence-corrected chi connectivity index (χ3v) is 13.3. The Morgan fingerprint density at radius 2 is 1.65 bits per heavy atom. The number of carbonyl (C=O) groups excluding carboxylic acids is 3. The van der Waals surface area contributed by atoms with E-state index >= 15 is 0 Å². The molecule has 1 saturated heterocycles. The zero-order valence-electron chi connectivity index (χ0n) is 26.3. The van der Waals surface area contributed by atoms with Gasteiger partial charge in [0.25, 0.3) is 5.91 Å². The Morgan fingerprint density at radius 3 is 2.47 bits per heavy atom. The molecule has 9 nitrogen and oxygen atoms in total. The number of ether oxygens (including phenoxy) is 2. The standard InChI is InChI=1S/C38H31N3O6S2/c1-46-22-14-12-21(13-15-22)41-36(43)31-25-17-26(32(31)37(41)44)33-30(25)29(34-35(48-33)40-38(45)49-34)20-8-4-9-23(16-20)47-18-28(42)39-27-11-5-7-19-6-2-3-10-24(19)27/h2-16,25-26,29-33H,17-18H2,1H3,(H,39,42)(H,40,45)/t25?,26?,29-,30?,31?,32?,33?/m1/s1. The highest BCUT2D eigenvalue weighted by atomic mass is 32.2. The molecule has 2 bridgehead atoms. The molecule has 246 valence electrons. The van der Waals surface area contributed by atoms with Crippen LogP contribution in [-0.2, 0) is 14.4 Å². The summed E-state index contributed by atoms with van der Waals surface area (Å²) < 4.78 is 11.3. The first-order valence-electron chi connectivity index (χ1n) is 16.3. The number of nitrogens with zero attached hydrogens (tertiary/aromatic N) is 1. The number of fused-ring (bicyclic) bond motifs is 10. The molecule has 49 heavy (non-hydrogen) atoms. The second kappa shape index (κ2) is 11.6. The first-order valence-corrected chi connectivity index (χ1v) is 18.0. The van der Waals surface area contributed by atoms with Crippen molar-refractivity contribution in [2.45, 2.75) is 22.6 Å². The van der Waals surface area contributed by atoms with Crippen molar-refractivity contribution < 1.29 is 23.9 Å². The van der Waals surface area contributed by atoms with E-state index in [4.69, 9.17) is 9.47 Å². The molecule has 4 aromatic carbocycles. The van der Waals surface area contributed by atoms with Gasteiger partial charge >= 0.3 is 4.87 Å². The molecule has 4 aliphatic rings. The molecule has 7 atom stereocenters. The van der Waals surface area contributed by atoms with Crippen LogP contribution in [0.1, 0.15) is 22.8 Å². The van der Waals surface area contributed by atoms with E-state index in [0.29, 0.717) is 17.2 Å². The van der Waals surface area contributed by atoms with Crippen molar-refractivity contribution in [2.24, 2.45) is 29.6 Å². The number of benzene rings is 4. The normalized spacial score (nSPS) is 26.4. The summed E-state index contributed by atoms with van der Waals surface area (Å²) in [4.78, 5) is 59.0. The molecule has 3 heterocycles. The summed E-state index contributed by atoms with van der Waals surface area (Å²) >= 11 is 2.87. The van der Waals surface area contributed by atoms with Gasteiger partial charge in [0.1, 0.15) is 11.5 Å². The van der Waals surface area contributed by atoms with Gasteiger partial charge in [0, 0.05) is 27.1 Å². The maximum Gasteiger partial charge on any atom is 0.305 e. The molecular formula is C38H31N3O6S2. The second-order valence-electron chi connectivity index (χ2n) is 13.1. The van der Waals surface area contributed by atoms with E-state index in [1.807, 2.05) is 66.7 Å². The van der Waals surface area contributed by atoms with Crippen molar-refractivity contribution in [3.8, 4) is 11.5 Å². The minimum absolute atomic E-state index is 0.0148. The number of anilines is 2. The van der Waals surface area contributed by atoms with Crippen molar-refractivity contribution in [1.29, 1.82) is 0 Å². The number of carbonyl (C=O) groups is 3. The van der Waals surface area contributed by atoms with Gasteiger partial charge in [-0.1, -0.05) is 59.9 Å². The molecule has 2 saturated carbocycles. The van der Waals surface area contributed by atoms with Crippen molar-refractivity contribution in [1.82, 2.24) is 4.98 Å². The third kappa shape index (κ3) is 4.81. The summed E-state index contributed by atoms with van der Waals surface area (Å²) in [6, 6.07) is 28.4. The number of methoxy groups -OCH3 is 1. The van der Waals surface area contributed by atoms with E-state index < -0.39 is 5.92 Å². The van der Waals surface area contributed by atoms with Gasteiger partial charge in [0.15, 0.2) is 6.61 Å². The lowest BCUT2D eigenvalue weighted by Crippen LogP contribution is -2.42. The number of amides is 3. The highest BCUT2D eigenvalue weighted by molar-refractivity contribution is 8.00. The average Bonchev–Trinajstić information content (AvgIpc) is 3.86. The largest absolute Gasteiger partial charge is 0.497 e. The first kappa shape index (κ1) is 30.2. The van der Waals surface area contributed by atoms with Crippen LogP contribution in [0.5, 0.6) is 11.5 Å². The lowest BCUT2D eigenvalue weighted by molar-refractivity contribution is -0.123. The van der Waals surface area contributed by atoms with Crippen LogP contribution in [0.25, 0.3) is 10.8 Å². The molecule has 2 N–H and O–H groups in total. The molecular weight excluding hydrogens is 659 g/mol. The molecule has 2 aliphatic heterocycles. The predicted octanol–water partition coefficient (Wildman–Crippen LogP) is 6.29.